The van der Waals surface area contributed by atoms with Crippen molar-refractivity contribution in [2.24, 2.45) is 5.16 Å². The molecule has 1 N–H and O–H groups in total. The molecule has 0 atom stereocenters. The summed E-state index contributed by atoms with van der Waals surface area (Å²) >= 11 is 0. The summed E-state index contributed by atoms with van der Waals surface area (Å²) in [5.41, 5.74) is 1.56. The molecule has 0 aliphatic heterocycles. The predicted octanol–water partition coefficient (Wildman–Crippen LogP) is 1.69. The summed E-state index contributed by atoms with van der Waals surface area (Å²) in [6.07, 6.45) is 4.69. The first kappa shape index (κ1) is 10.2. The van der Waals surface area contributed by atoms with Gasteiger partial charge < -0.3 is 14.5 Å². The third-order valence-electron chi connectivity index (χ3n) is 2.16. The van der Waals surface area contributed by atoms with Crippen LogP contribution in [-0.4, -0.2) is 28.1 Å². The van der Waals surface area contributed by atoms with Crippen LogP contribution in [0.4, 0.5) is 0 Å². The Bertz CT molecular complexity index is 488. The van der Waals surface area contributed by atoms with E-state index in [1.54, 1.807) is 19.6 Å². The molecule has 1 aromatic heterocycles. The molecule has 5 nitrogen and oxygen atoms in total. The molecule has 1 heterocycles. The van der Waals surface area contributed by atoms with Crippen molar-refractivity contribution in [3.8, 4) is 11.4 Å². The van der Waals surface area contributed by atoms with Gasteiger partial charge in [0.05, 0.1) is 19.7 Å². The predicted molar refractivity (Wildman–Crippen MR) is 59.5 cm³/mol. The zero-order chi connectivity index (χ0) is 11.4. The number of hydrogen-bond acceptors (Lipinski definition) is 4. The van der Waals surface area contributed by atoms with Gasteiger partial charge in [-0.05, 0) is 24.3 Å². The van der Waals surface area contributed by atoms with E-state index in [4.69, 9.17) is 9.94 Å². The molecule has 0 aliphatic carbocycles. The first-order valence-corrected chi connectivity index (χ1v) is 4.69. The van der Waals surface area contributed by atoms with E-state index in [1.165, 1.54) is 6.21 Å². The Labute approximate surface area is 92.6 Å². The minimum absolute atomic E-state index is 0.596. The lowest BCUT2D eigenvalue weighted by molar-refractivity contribution is 0.321. The Morgan fingerprint density at radius 2 is 2.12 bits per heavy atom. The summed E-state index contributed by atoms with van der Waals surface area (Å²) < 4.78 is 6.90. The lowest BCUT2D eigenvalue weighted by Gasteiger charge is -2.03. The first-order chi connectivity index (χ1) is 7.83. The highest BCUT2D eigenvalue weighted by Crippen LogP contribution is 2.14. The second kappa shape index (κ2) is 4.48. The van der Waals surface area contributed by atoms with Crippen molar-refractivity contribution in [2.75, 3.05) is 7.11 Å². The quantitative estimate of drug-likeness (QED) is 0.483. The van der Waals surface area contributed by atoms with Crippen molar-refractivity contribution in [2.45, 2.75) is 0 Å². The van der Waals surface area contributed by atoms with Crippen LogP contribution in [0.2, 0.25) is 0 Å². The summed E-state index contributed by atoms with van der Waals surface area (Å²) in [6, 6.07) is 7.57. The molecule has 0 aliphatic rings. The highest BCUT2D eigenvalue weighted by atomic mass is 16.5. The molecule has 5 heteroatoms. The van der Waals surface area contributed by atoms with Crippen LogP contribution in [0.25, 0.3) is 5.69 Å². The second-order valence-electron chi connectivity index (χ2n) is 3.15. The van der Waals surface area contributed by atoms with Gasteiger partial charge in [0.15, 0.2) is 0 Å². The summed E-state index contributed by atoms with van der Waals surface area (Å²) in [7, 11) is 1.63. The SMILES string of the molecule is COc1ccc(-n2cnc(C=NO)c2)cc1. The van der Waals surface area contributed by atoms with Crippen LogP contribution in [0, 0.1) is 0 Å². The summed E-state index contributed by atoms with van der Waals surface area (Å²) in [4.78, 5) is 4.05. The summed E-state index contributed by atoms with van der Waals surface area (Å²) in [6.45, 7) is 0. The molecule has 2 aromatic rings. The van der Waals surface area contributed by atoms with E-state index in [0.717, 1.165) is 11.4 Å². The molecule has 0 spiro atoms. The van der Waals surface area contributed by atoms with Crippen LogP contribution < -0.4 is 4.74 Å². The maximum absolute atomic E-state index is 8.37. The van der Waals surface area contributed by atoms with Crippen LogP contribution in [0.15, 0.2) is 41.9 Å². The first-order valence-electron chi connectivity index (χ1n) is 4.69. The standard InChI is InChI=1S/C11H11N3O2/c1-16-11-4-2-10(3-5-11)14-7-9(6-13-15)12-8-14/h2-8,15H,1H3. The maximum atomic E-state index is 8.37. The van der Waals surface area contributed by atoms with Crippen molar-refractivity contribution >= 4 is 6.21 Å². The number of imidazole rings is 1. The Morgan fingerprint density at radius 1 is 1.38 bits per heavy atom. The van der Waals surface area contributed by atoms with Crippen molar-refractivity contribution in [1.82, 2.24) is 9.55 Å². The Kier molecular flexibility index (Phi) is 2.86. The minimum Gasteiger partial charge on any atom is -0.497 e. The molecule has 0 fully saturated rings. The number of benzene rings is 1. The Hall–Kier alpha value is -2.30. The largest absolute Gasteiger partial charge is 0.497 e. The number of ether oxygens (including phenoxy) is 1. The van der Waals surface area contributed by atoms with Gasteiger partial charge in [0.25, 0.3) is 0 Å². The molecule has 0 saturated carbocycles. The number of oxime groups is 1. The van der Waals surface area contributed by atoms with Crippen LogP contribution in [0.3, 0.4) is 0 Å². The number of rotatable bonds is 3. The summed E-state index contributed by atoms with van der Waals surface area (Å²) in [5, 5.41) is 11.3. The fourth-order valence-electron chi connectivity index (χ4n) is 1.36. The normalized spacial score (nSPS) is 10.8. The van der Waals surface area contributed by atoms with E-state index in [2.05, 4.69) is 10.1 Å². The van der Waals surface area contributed by atoms with E-state index in [1.807, 2.05) is 28.8 Å². The van der Waals surface area contributed by atoms with Gasteiger partial charge in [-0.3, -0.25) is 0 Å². The zero-order valence-corrected chi connectivity index (χ0v) is 8.74. The van der Waals surface area contributed by atoms with Gasteiger partial charge in [0.2, 0.25) is 0 Å². The monoisotopic (exact) mass is 217 g/mol. The van der Waals surface area contributed by atoms with Crippen LogP contribution >= 0.6 is 0 Å². The molecule has 0 saturated heterocycles. The van der Waals surface area contributed by atoms with E-state index in [0.29, 0.717) is 5.69 Å². The van der Waals surface area contributed by atoms with Crippen molar-refractivity contribution in [3.63, 3.8) is 0 Å². The topological polar surface area (TPSA) is 59.6 Å². The Morgan fingerprint density at radius 3 is 2.75 bits per heavy atom. The van der Waals surface area contributed by atoms with E-state index in [-0.39, 0.29) is 0 Å². The van der Waals surface area contributed by atoms with E-state index < -0.39 is 0 Å². The molecular formula is C11H11N3O2. The fraction of sp³-hybridized carbons (Fsp3) is 0.0909. The van der Waals surface area contributed by atoms with Gasteiger partial charge in [0.1, 0.15) is 11.4 Å². The van der Waals surface area contributed by atoms with Gasteiger partial charge in [0, 0.05) is 11.9 Å². The minimum atomic E-state index is 0.596. The second-order valence-corrected chi connectivity index (χ2v) is 3.15. The van der Waals surface area contributed by atoms with E-state index in [9.17, 15) is 0 Å². The third-order valence-corrected chi connectivity index (χ3v) is 2.16. The molecule has 1 aromatic carbocycles. The maximum Gasteiger partial charge on any atom is 0.119 e. The summed E-state index contributed by atoms with van der Waals surface area (Å²) in [5.74, 6) is 0.806. The lowest BCUT2D eigenvalue weighted by atomic mass is 10.3. The van der Waals surface area contributed by atoms with Gasteiger partial charge in [-0.2, -0.15) is 0 Å². The zero-order valence-electron chi connectivity index (χ0n) is 8.74. The molecule has 0 amide bonds. The van der Waals surface area contributed by atoms with Crippen LogP contribution in [0.5, 0.6) is 5.75 Å². The number of methoxy groups -OCH3 is 1. The van der Waals surface area contributed by atoms with Gasteiger partial charge >= 0.3 is 0 Å². The molecule has 0 radical (unpaired) electrons. The van der Waals surface area contributed by atoms with Crippen LogP contribution in [-0.2, 0) is 0 Å². The fourth-order valence-corrected chi connectivity index (χ4v) is 1.36. The van der Waals surface area contributed by atoms with Crippen molar-refractivity contribution in [1.29, 1.82) is 0 Å². The highest BCUT2D eigenvalue weighted by molar-refractivity contribution is 5.76. The molecule has 82 valence electrons. The van der Waals surface area contributed by atoms with Crippen molar-refractivity contribution < 1.29 is 9.94 Å². The molecular weight excluding hydrogens is 206 g/mol. The molecule has 16 heavy (non-hydrogen) atoms. The lowest BCUT2D eigenvalue weighted by Crippen LogP contribution is -1.90. The smallest absolute Gasteiger partial charge is 0.119 e. The van der Waals surface area contributed by atoms with E-state index >= 15 is 0 Å². The van der Waals surface area contributed by atoms with Crippen LogP contribution in [0.1, 0.15) is 5.69 Å². The van der Waals surface area contributed by atoms with Crippen molar-refractivity contribution in [3.05, 3.63) is 42.5 Å². The van der Waals surface area contributed by atoms with Gasteiger partial charge in [-0.25, -0.2) is 4.98 Å². The van der Waals surface area contributed by atoms with Gasteiger partial charge in [-0.15, -0.1) is 0 Å². The average Bonchev–Trinajstić information content (AvgIpc) is 2.78. The third kappa shape index (κ3) is 2.03. The Balaban J connectivity index is 2.27. The van der Waals surface area contributed by atoms with Gasteiger partial charge in [-0.1, -0.05) is 5.16 Å². The molecule has 0 unspecified atom stereocenters. The number of nitrogens with zero attached hydrogens (tertiary/aromatic N) is 3. The molecule has 0 bridgehead atoms. The number of aromatic nitrogens is 2. The highest BCUT2D eigenvalue weighted by Gasteiger charge is 1.99. The number of hydrogen-bond donors (Lipinski definition) is 1. The molecule has 2 rings (SSSR count). The average molecular weight is 217 g/mol.